The normalized spacial score (nSPS) is 14.0. The molecule has 1 fully saturated rings. The fraction of sp³-hybridized carbons (Fsp3) is 0.304. The SMILES string of the molecule is COc1ccc(-n2nc(CCC(=O)N3CCOCC3)cc2-c2cccc(F)c2)cc1. The zero-order chi connectivity index (χ0) is 20.9. The molecule has 30 heavy (non-hydrogen) atoms. The van der Waals surface area contributed by atoms with Crippen LogP contribution in [0, 0.1) is 5.82 Å². The van der Waals surface area contributed by atoms with Gasteiger partial charge in [0.1, 0.15) is 11.6 Å². The van der Waals surface area contributed by atoms with Crippen LogP contribution >= 0.6 is 0 Å². The van der Waals surface area contributed by atoms with Crippen molar-refractivity contribution in [2.75, 3.05) is 33.4 Å². The molecule has 0 atom stereocenters. The van der Waals surface area contributed by atoms with Crippen LogP contribution in [0.15, 0.2) is 54.6 Å². The summed E-state index contributed by atoms with van der Waals surface area (Å²) in [6, 6.07) is 15.9. The summed E-state index contributed by atoms with van der Waals surface area (Å²) in [5.41, 5.74) is 3.12. The summed E-state index contributed by atoms with van der Waals surface area (Å²) in [5.74, 6) is 0.540. The number of aromatic nitrogens is 2. The lowest BCUT2D eigenvalue weighted by atomic mass is 10.1. The van der Waals surface area contributed by atoms with Gasteiger partial charge in [0.25, 0.3) is 0 Å². The Morgan fingerprint density at radius 3 is 2.60 bits per heavy atom. The monoisotopic (exact) mass is 409 g/mol. The number of hydrogen-bond donors (Lipinski definition) is 0. The molecule has 0 saturated carbocycles. The first kappa shape index (κ1) is 20.1. The third kappa shape index (κ3) is 4.52. The molecular formula is C23H24FN3O3. The Kier molecular flexibility index (Phi) is 6.09. The number of carbonyl (C=O) groups excluding carboxylic acids is 1. The molecule has 1 amide bonds. The predicted octanol–water partition coefficient (Wildman–Crippen LogP) is 3.48. The standard InChI is InChI=1S/C23H24FN3O3/c1-29-21-8-6-20(7-9-21)27-22(17-3-2-4-18(24)15-17)16-19(25-27)5-10-23(28)26-11-13-30-14-12-26/h2-4,6-9,15-16H,5,10-14H2,1H3. The van der Waals surface area contributed by atoms with E-state index < -0.39 is 0 Å². The summed E-state index contributed by atoms with van der Waals surface area (Å²) >= 11 is 0. The number of morpholine rings is 1. The molecule has 0 unspecified atom stereocenters. The Morgan fingerprint density at radius 2 is 1.90 bits per heavy atom. The smallest absolute Gasteiger partial charge is 0.223 e. The van der Waals surface area contributed by atoms with E-state index in [2.05, 4.69) is 0 Å². The van der Waals surface area contributed by atoms with Crippen LogP contribution in [-0.4, -0.2) is 54.0 Å². The average Bonchev–Trinajstić information content (AvgIpc) is 3.22. The number of carbonyl (C=O) groups is 1. The van der Waals surface area contributed by atoms with Crippen LogP contribution in [0.25, 0.3) is 16.9 Å². The molecule has 2 heterocycles. The maximum Gasteiger partial charge on any atom is 0.223 e. The van der Waals surface area contributed by atoms with Gasteiger partial charge >= 0.3 is 0 Å². The second kappa shape index (κ2) is 9.09. The summed E-state index contributed by atoms with van der Waals surface area (Å²) in [5, 5.41) is 4.72. The van der Waals surface area contributed by atoms with Gasteiger partial charge in [0.05, 0.1) is 37.4 Å². The zero-order valence-corrected chi connectivity index (χ0v) is 16.9. The minimum absolute atomic E-state index is 0.101. The first-order chi connectivity index (χ1) is 14.6. The van der Waals surface area contributed by atoms with E-state index in [0.29, 0.717) is 39.1 Å². The lowest BCUT2D eigenvalue weighted by Gasteiger charge is -2.26. The van der Waals surface area contributed by atoms with Gasteiger partial charge in [-0.1, -0.05) is 12.1 Å². The van der Waals surface area contributed by atoms with E-state index in [1.807, 2.05) is 41.3 Å². The van der Waals surface area contributed by atoms with Gasteiger partial charge < -0.3 is 14.4 Å². The third-order valence-electron chi connectivity index (χ3n) is 5.16. The molecule has 156 valence electrons. The summed E-state index contributed by atoms with van der Waals surface area (Å²) < 4.78 is 26.2. The second-order valence-electron chi connectivity index (χ2n) is 7.13. The summed E-state index contributed by atoms with van der Waals surface area (Å²) in [7, 11) is 1.62. The van der Waals surface area contributed by atoms with Gasteiger partial charge in [-0.2, -0.15) is 5.10 Å². The van der Waals surface area contributed by atoms with Crippen molar-refractivity contribution in [3.8, 4) is 22.7 Å². The topological polar surface area (TPSA) is 56.6 Å². The van der Waals surface area contributed by atoms with Crippen LogP contribution in [0.1, 0.15) is 12.1 Å². The van der Waals surface area contributed by atoms with Crippen LogP contribution < -0.4 is 4.74 Å². The predicted molar refractivity (Wildman–Crippen MR) is 111 cm³/mol. The van der Waals surface area contributed by atoms with Crippen molar-refractivity contribution in [2.45, 2.75) is 12.8 Å². The highest BCUT2D eigenvalue weighted by Crippen LogP contribution is 2.26. The fourth-order valence-corrected chi connectivity index (χ4v) is 3.53. The van der Waals surface area contributed by atoms with Crippen LogP contribution in [0.4, 0.5) is 4.39 Å². The van der Waals surface area contributed by atoms with E-state index >= 15 is 0 Å². The highest BCUT2D eigenvalue weighted by Gasteiger charge is 2.18. The quantitative estimate of drug-likeness (QED) is 0.626. The van der Waals surface area contributed by atoms with Gasteiger partial charge in [-0.05, 0) is 42.5 Å². The van der Waals surface area contributed by atoms with E-state index in [9.17, 15) is 9.18 Å². The van der Waals surface area contributed by atoms with Crippen LogP contribution in [0.5, 0.6) is 5.75 Å². The van der Waals surface area contributed by atoms with Crippen molar-refractivity contribution in [1.82, 2.24) is 14.7 Å². The summed E-state index contributed by atoms with van der Waals surface area (Å²) in [4.78, 5) is 14.3. The molecule has 1 aliphatic rings. The maximum absolute atomic E-state index is 13.8. The highest BCUT2D eigenvalue weighted by atomic mass is 19.1. The average molecular weight is 409 g/mol. The molecule has 2 aromatic carbocycles. The minimum Gasteiger partial charge on any atom is -0.497 e. The Hall–Kier alpha value is -3.19. The first-order valence-electron chi connectivity index (χ1n) is 9.99. The van der Waals surface area contributed by atoms with Crippen molar-refractivity contribution < 1.29 is 18.7 Å². The molecule has 1 aliphatic heterocycles. The van der Waals surface area contributed by atoms with Crippen molar-refractivity contribution in [3.05, 3.63) is 66.1 Å². The molecular weight excluding hydrogens is 385 g/mol. The Balaban J connectivity index is 1.60. The molecule has 1 saturated heterocycles. The van der Waals surface area contributed by atoms with E-state index in [1.165, 1.54) is 12.1 Å². The van der Waals surface area contributed by atoms with Gasteiger partial charge in [-0.25, -0.2) is 9.07 Å². The highest BCUT2D eigenvalue weighted by molar-refractivity contribution is 5.76. The van der Waals surface area contributed by atoms with E-state index in [-0.39, 0.29) is 11.7 Å². The number of benzene rings is 2. The molecule has 0 aliphatic carbocycles. The first-order valence-corrected chi connectivity index (χ1v) is 9.99. The number of nitrogens with zero attached hydrogens (tertiary/aromatic N) is 3. The van der Waals surface area contributed by atoms with Gasteiger partial charge in [0, 0.05) is 31.5 Å². The lowest BCUT2D eigenvalue weighted by Crippen LogP contribution is -2.40. The molecule has 0 radical (unpaired) electrons. The number of hydrogen-bond acceptors (Lipinski definition) is 4. The number of aryl methyl sites for hydroxylation is 1. The lowest BCUT2D eigenvalue weighted by molar-refractivity contribution is -0.135. The van der Waals surface area contributed by atoms with E-state index in [4.69, 9.17) is 14.6 Å². The number of halogens is 1. The molecule has 0 spiro atoms. The van der Waals surface area contributed by atoms with Crippen molar-refractivity contribution in [3.63, 3.8) is 0 Å². The Morgan fingerprint density at radius 1 is 1.13 bits per heavy atom. The van der Waals surface area contributed by atoms with Crippen molar-refractivity contribution >= 4 is 5.91 Å². The summed E-state index contributed by atoms with van der Waals surface area (Å²) in [6.07, 6.45) is 0.893. The van der Waals surface area contributed by atoms with Gasteiger partial charge in [-0.3, -0.25) is 4.79 Å². The van der Waals surface area contributed by atoms with E-state index in [1.54, 1.807) is 17.9 Å². The molecule has 0 bridgehead atoms. The Labute approximate surface area is 174 Å². The second-order valence-corrected chi connectivity index (χ2v) is 7.13. The van der Waals surface area contributed by atoms with Gasteiger partial charge in [0.15, 0.2) is 0 Å². The van der Waals surface area contributed by atoms with Gasteiger partial charge in [0.2, 0.25) is 5.91 Å². The third-order valence-corrected chi connectivity index (χ3v) is 5.16. The van der Waals surface area contributed by atoms with Crippen LogP contribution in [0.2, 0.25) is 0 Å². The van der Waals surface area contributed by atoms with Crippen molar-refractivity contribution in [2.24, 2.45) is 0 Å². The maximum atomic E-state index is 13.8. The molecule has 3 aromatic rings. The van der Waals surface area contributed by atoms with E-state index in [0.717, 1.165) is 28.4 Å². The molecule has 1 aromatic heterocycles. The molecule has 7 heteroatoms. The number of rotatable bonds is 6. The number of ether oxygens (including phenoxy) is 2. The van der Waals surface area contributed by atoms with Crippen molar-refractivity contribution in [1.29, 1.82) is 0 Å². The number of methoxy groups -OCH3 is 1. The molecule has 0 N–H and O–H groups in total. The summed E-state index contributed by atoms with van der Waals surface area (Å²) in [6.45, 7) is 2.43. The minimum atomic E-state index is -0.306. The fourth-order valence-electron chi connectivity index (χ4n) is 3.53. The molecule has 4 rings (SSSR count). The van der Waals surface area contributed by atoms with Crippen LogP contribution in [0.3, 0.4) is 0 Å². The number of amides is 1. The van der Waals surface area contributed by atoms with Gasteiger partial charge in [-0.15, -0.1) is 0 Å². The largest absolute Gasteiger partial charge is 0.497 e. The zero-order valence-electron chi connectivity index (χ0n) is 16.9. The van der Waals surface area contributed by atoms with Crippen LogP contribution in [-0.2, 0) is 16.0 Å². The Bertz CT molecular complexity index is 1010. The molecule has 6 nitrogen and oxygen atoms in total.